The Morgan fingerprint density at radius 2 is 0.593 bits per heavy atom. The van der Waals surface area contributed by atoms with Gasteiger partial charge in [0.25, 0.3) is 0 Å². The van der Waals surface area contributed by atoms with Crippen LogP contribution in [0, 0.1) is 0 Å². The van der Waals surface area contributed by atoms with Gasteiger partial charge in [-0.25, -0.2) is 0 Å². The average molecular weight is 428 g/mol. The molecule has 0 N–H and O–H groups in total. The first-order valence-electron chi connectivity index (χ1n) is 12.3. The van der Waals surface area contributed by atoms with Gasteiger partial charge in [-0.3, -0.25) is 0 Å². The summed E-state index contributed by atoms with van der Waals surface area (Å²) in [5, 5.41) is 0. The average Bonchev–Trinajstić information content (AvgIpc) is 2.67. The number of rotatable bonds is 14. The maximum atomic E-state index is 5.52. The van der Waals surface area contributed by atoms with Crippen LogP contribution < -0.4 is 0 Å². The molecule has 0 aromatic heterocycles. The van der Waals surface area contributed by atoms with E-state index in [0.717, 1.165) is 6.42 Å². The number of alkyl halides is 2. The van der Waals surface area contributed by atoms with Crippen molar-refractivity contribution in [2.45, 2.75) is 162 Å². The Hall–Kier alpha value is 0.580. The van der Waals surface area contributed by atoms with Gasteiger partial charge in [-0.05, 0) is 6.42 Å². The molecule has 0 aromatic rings. The molecule has 0 spiro atoms. The molecular weight excluding hydrogens is 371 g/mol. The fraction of sp³-hybridized carbons (Fsp3) is 1.00. The van der Waals surface area contributed by atoms with Crippen molar-refractivity contribution in [1.29, 1.82) is 0 Å². The second-order valence-electron chi connectivity index (χ2n) is 7.36. The van der Waals surface area contributed by atoms with E-state index >= 15 is 0 Å². The van der Waals surface area contributed by atoms with E-state index in [9.17, 15) is 0 Å². The number of hydrogen-bond donors (Lipinski definition) is 0. The van der Waals surface area contributed by atoms with E-state index in [0.29, 0.717) is 0 Å². The fourth-order valence-electron chi connectivity index (χ4n) is 2.23. The van der Waals surface area contributed by atoms with E-state index in [-0.39, 0.29) is 4.84 Å². The second-order valence-corrected chi connectivity index (χ2v) is 8.64. The van der Waals surface area contributed by atoms with Gasteiger partial charge in [0, 0.05) is 0 Å². The molecule has 0 saturated heterocycles. The molecule has 170 valence electrons. The molecule has 0 bridgehead atoms. The molecular formula is C25H56Cl2. The highest BCUT2D eigenvalue weighted by molar-refractivity contribution is 6.44. The van der Waals surface area contributed by atoms with E-state index in [1.165, 1.54) is 103 Å². The van der Waals surface area contributed by atoms with Crippen LogP contribution in [0.3, 0.4) is 0 Å². The van der Waals surface area contributed by atoms with Crippen molar-refractivity contribution in [1.82, 2.24) is 0 Å². The van der Waals surface area contributed by atoms with Crippen molar-refractivity contribution < 1.29 is 0 Å². The van der Waals surface area contributed by atoms with Gasteiger partial charge in [-0.2, -0.15) is 0 Å². The van der Waals surface area contributed by atoms with Crippen LogP contribution in [0.1, 0.15) is 158 Å². The minimum atomic E-state index is -0.151. The molecule has 27 heavy (non-hydrogen) atoms. The molecule has 0 nitrogen and oxygen atoms in total. The number of unbranched alkanes of at least 4 members (excludes halogenated alkanes) is 12. The molecule has 0 rings (SSSR count). The maximum absolute atomic E-state index is 5.52. The normalized spacial score (nSPS) is 9.56. The standard InChI is InChI=1S/C7H14Cl2.3C6H14/c1-2-3-4-5-6-7(8)9;3*1-3-5-6-4-2/h7H,2-6H2,1H3;3*3-6H2,1-2H3. The lowest BCUT2D eigenvalue weighted by atomic mass is 10.2. The molecule has 0 unspecified atom stereocenters. The Balaban J connectivity index is -0.000000133. The van der Waals surface area contributed by atoms with Gasteiger partial charge in [0.15, 0.2) is 0 Å². The lowest BCUT2D eigenvalue weighted by molar-refractivity contribution is 0.650. The van der Waals surface area contributed by atoms with Crippen LogP contribution >= 0.6 is 23.2 Å². The lowest BCUT2D eigenvalue weighted by Crippen LogP contribution is -1.85. The van der Waals surface area contributed by atoms with Crippen molar-refractivity contribution in [3.8, 4) is 0 Å². The Morgan fingerprint density at radius 1 is 0.370 bits per heavy atom. The first kappa shape index (κ1) is 35.0. The van der Waals surface area contributed by atoms with Crippen molar-refractivity contribution in [2.24, 2.45) is 0 Å². The van der Waals surface area contributed by atoms with Gasteiger partial charge in [-0.15, -0.1) is 23.2 Å². The quantitative estimate of drug-likeness (QED) is 0.191. The monoisotopic (exact) mass is 426 g/mol. The van der Waals surface area contributed by atoms with Gasteiger partial charge < -0.3 is 0 Å². The molecule has 2 heteroatoms. The van der Waals surface area contributed by atoms with Crippen LogP contribution in [0.15, 0.2) is 0 Å². The van der Waals surface area contributed by atoms with E-state index in [1.807, 2.05) is 0 Å². The van der Waals surface area contributed by atoms with E-state index in [4.69, 9.17) is 23.2 Å². The molecule has 0 aliphatic carbocycles. The second kappa shape index (κ2) is 41.1. The molecule has 0 aromatic carbocycles. The third-order valence-corrected chi connectivity index (χ3v) is 4.58. The molecule has 0 radical (unpaired) electrons. The SMILES string of the molecule is CCCCCC.CCCCCC.CCCCCC.CCCCCCC(Cl)Cl. The molecule has 0 aliphatic heterocycles. The van der Waals surface area contributed by atoms with Crippen molar-refractivity contribution in [3.05, 3.63) is 0 Å². The summed E-state index contributed by atoms with van der Waals surface area (Å²) in [6.07, 6.45) is 22.6. The minimum absolute atomic E-state index is 0.151. The largest absolute Gasteiger partial charge is 0.107 e. The smallest absolute Gasteiger partial charge is 0.105 e. The molecule has 0 aliphatic rings. The zero-order valence-corrected chi connectivity index (χ0v) is 21.9. The Bertz CT molecular complexity index is 150. The highest BCUT2D eigenvalue weighted by atomic mass is 35.5. The third-order valence-electron chi connectivity index (χ3n) is 4.15. The summed E-state index contributed by atoms with van der Waals surface area (Å²) >= 11 is 11.0. The highest BCUT2D eigenvalue weighted by Crippen LogP contribution is 2.12. The summed E-state index contributed by atoms with van der Waals surface area (Å²) in [5.74, 6) is 0. The van der Waals surface area contributed by atoms with Gasteiger partial charge >= 0.3 is 0 Å². The van der Waals surface area contributed by atoms with Gasteiger partial charge in [0.1, 0.15) is 4.84 Å². The van der Waals surface area contributed by atoms with Crippen LogP contribution in [0.4, 0.5) is 0 Å². The Morgan fingerprint density at radius 3 is 0.778 bits per heavy atom. The summed E-state index contributed by atoms with van der Waals surface area (Å²) in [6.45, 7) is 15.6. The van der Waals surface area contributed by atoms with E-state index < -0.39 is 0 Å². The first-order chi connectivity index (χ1) is 13.0. The predicted molar refractivity (Wildman–Crippen MR) is 134 cm³/mol. The number of hydrogen-bond acceptors (Lipinski definition) is 0. The van der Waals surface area contributed by atoms with Crippen molar-refractivity contribution >= 4 is 23.2 Å². The van der Waals surface area contributed by atoms with E-state index in [2.05, 4.69) is 48.5 Å². The summed E-state index contributed by atoms with van der Waals surface area (Å²) in [6, 6.07) is 0. The van der Waals surface area contributed by atoms with Crippen LogP contribution in [0.5, 0.6) is 0 Å². The summed E-state index contributed by atoms with van der Waals surface area (Å²) < 4.78 is 0. The Labute approximate surface area is 185 Å². The first-order valence-corrected chi connectivity index (χ1v) is 13.2. The van der Waals surface area contributed by atoms with Gasteiger partial charge in [-0.1, -0.05) is 151 Å². The van der Waals surface area contributed by atoms with Crippen LogP contribution in [0.2, 0.25) is 0 Å². The topological polar surface area (TPSA) is 0 Å². The fourth-order valence-corrected chi connectivity index (χ4v) is 2.53. The summed E-state index contributed by atoms with van der Waals surface area (Å²) in [5.41, 5.74) is 0. The summed E-state index contributed by atoms with van der Waals surface area (Å²) in [4.78, 5) is -0.151. The number of halogens is 2. The van der Waals surface area contributed by atoms with Crippen molar-refractivity contribution in [3.63, 3.8) is 0 Å². The predicted octanol–water partition coefficient (Wildman–Crippen LogP) is 11.5. The van der Waals surface area contributed by atoms with Crippen LogP contribution in [-0.4, -0.2) is 4.84 Å². The molecule has 0 heterocycles. The zero-order valence-electron chi connectivity index (χ0n) is 20.4. The zero-order chi connectivity index (χ0) is 21.6. The molecule has 0 atom stereocenters. The molecule has 0 saturated carbocycles. The maximum Gasteiger partial charge on any atom is 0.107 e. The highest BCUT2D eigenvalue weighted by Gasteiger charge is 1.96. The van der Waals surface area contributed by atoms with Crippen LogP contribution in [-0.2, 0) is 0 Å². The van der Waals surface area contributed by atoms with Crippen LogP contribution in [0.25, 0.3) is 0 Å². The lowest BCUT2D eigenvalue weighted by Gasteiger charge is -1.98. The molecule has 0 amide bonds. The summed E-state index contributed by atoms with van der Waals surface area (Å²) in [7, 11) is 0. The van der Waals surface area contributed by atoms with Crippen molar-refractivity contribution in [2.75, 3.05) is 0 Å². The van der Waals surface area contributed by atoms with E-state index in [1.54, 1.807) is 0 Å². The molecule has 0 fully saturated rings. The van der Waals surface area contributed by atoms with Gasteiger partial charge in [0.2, 0.25) is 0 Å². The Kier molecular flexibility index (Phi) is 53.3. The third kappa shape index (κ3) is 66.2. The minimum Gasteiger partial charge on any atom is -0.105 e. The van der Waals surface area contributed by atoms with Gasteiger partial charge in [0.05, 0.1) is 0 Å².